The van der Waals surface area contributed by atoms with E-state index in [0.29, 0.717) is 6.54 Å². The Labute approximate surface area is 89.9 Å². The van der Waals surface area contributed by atoms with Crippen LogP contribution in [0.4, 0.5) is 5.82 Å². The number of anilines is 1. The molecule has 0 aromatic carbocycles. The van der Waals surface area contributed by atoms with Crippen LogP contribution in [0.2, 0.25) is 0 Å². The van der Waals surface area contributed by atoms with Crippen LogP contribution in [0.1, 0.15) is 12.6 Å². The van der Waals surface area contributed by atoms with E-state index in [4.69, 9.17) is 5.11 Å². The highest BCUT2D eigenvalue weighted by atomic mass is 16.3. The Morgan fingerprint density at radius 2 is 2.13 bits per heavy atom. The van der Waals surface area contributed by atoms with E-state index in [1.165, 1.54) is 0 Å². The molecular formula is C10H18N4O. The lowest BCUT2D eigenvalue weighted by Gasteiger charge is -2.07. The maximum Gasteiger partial charge on any atom is 0.148 e. The fraction of sp³-hybridized carbons (Fsp3) is 0.600. The monoisotopic (exact) mass is 210 g/mol. The van der Waals surface area contributed by atoms with Crippen LogP contribution in [-0.4, -0.2) is 41.0 Å². The second kappa shape index (κ2) is 6.31. The normalized spacial score (nSPS) is 12.5. The first-order valence-electron chi connectivity index (χ1n) is 5.11. The van der Waals surface area contributed by atoms with E-state index in [2.05, 4.69) is 20.8 Å². The summed E-state index contributed by atoms with van der Waals surface area (Å²) in [5, 5.41) is 23.1. The lowest BCUT2D eigenvalue weighted by molar-refractivity contribution is 0.192. The van der Waals surface area contributed by atoms with Gasteiger partial charge in [0, 0.05) is 19.6 Å². The summed E-state index contributed by atoms with van der Waals surface area (Å²) < 4.78 is 0. The van der Waals surface area contributed by atoms with Gasteiger partial charge in [0.15, 0.2) is 0 Å². The summed E-state index contributed by atoms with van der Waals surface area (Å²) in [7, 11) is 0. The van der Waals surface area contributed by atoms with Gasteiger partial charge in [-0.3, -0.25) is 0 Å². The van der Waals surface area contributed by atoms with Gasteiger partial charge in [-0.25, -0.2) is 0 Å². The Morgan fingerprint density at radius 3 is 2.73 bits per heavy atom. The molecule has 1 aromatic heterocycles. The summed E-state index contributed by atoms with van der Waals surface area (Å²) in [4.78, 5) is 0. The van der Waals surface area contributed by atoms with Crippen LogP contribution in [0.3, 0.4) is 0 Å². The maximum atomic E-state index is 8.99. The Kier molecular flexibility index (Phi) is 5.00. The number of hydrogen-bond donors (Lipinski definition) is 3. The Morgan fingerprint density at radius 1 is 1.33 bits per heavy atom. The Bertz CT molecular complexity index is 273. The molecule has 0 aliphatic rings. The van der Waals surface area contributed by atoms with Gasteiger partial charge in [-0.1, -0.05) is 0 Å². The van der Waals surface area contributed by atoms with E-state index in [0.717, 1.165) is 24.6 Å². The van der Waals surface area contributed by atoms with Crippen molar-refractivity contribution in [3.05, 3.63) is 17.8 Å². The van der Waals surface area contributed by atoms with Gasteiger partial charge in [0.1, 0.15) is 5.82 Å². The highest BCUT2D eigenvalue weighted by Gasteiger charge is 1.95. The van der Waals surface area contributed by atoms with E-state index in [9.17, 15) is 0 Å². The zero-order chi connectivity index (χ0) is 11.1. The number of aromatic nitrogens is 2. The predicted molar refractivity (Wildman–Crippen MR) is 59.8 cm³/mol. The van der Waals surface area contributed by atoms with Crippen molar-refractivity contribution < 1.29 is 5.11 Å². The average molecular weight is 210 g/mol. The largest absolute Gasteiger partial charge is 0.392 e. The molecule has 0 aliphatic heterocycles. The van der Waals surface area contributed by atoms with Crippen molar-refractivity contribution in [1.29, 1.82) is 0 Å². The number of rotatable bonds is 6. The average Bonchev–Trinajstić information content (AvgIpc) is 2.20. The first-order chi connectivity index (χ1) is 7.18. The van der Waals surface area contributed by atoms with Crippen molar-refractivity contribution >= 4 is 5.82 Å². The van der Waals surface area contributed by atoms with Crippen molar-refractivity contribution in [3.8, 4) is 0 Å². The Hall–Kier alpha value is -1.20. The third kappa shape index (κ3) is 5.29. The minimum Gasteiger partial charge on any atom is -0.392 e. The van der Waals surface area contributed by atoms with Gasteiger partial charge in [-0.05, 0) is 26.0 Å². The van der Waals surface area contributed by atoms with Gasteiger partial charge in [0.05, 0.1) is 11.8 Å². The molecule has 0 spiro atoms. The number of aliphatic hydroxyl groups excluding tert-OH is 1. The molecule has 0 radical (unpaired) electrons. The summed E-state index contributed by atoms with van der Waals surface area (Å²) in [5.41, 5.74) is 0.910. The summed E-state index contributed by atoms with van der Waals surface area (Å²) in [6, 6.07) is 3.82. The summed E-state index contributed by atoms with van der Waals surface area (Å²) in [6.07, 6.45) is -0.302. The van der Waals surface area contributed by atoms with Crippen molar-refractivity contribution in [1.82, 2.24) is 15.5 Å². The van der Waals surface area contributed by atoms with Gasteiger partial charge in [-0.2, -0.15) is 5.10 Å². The van der Waals surface area contributed by atoms with Crippen LogP contribution < -0.4 is 10.6 Å². The standard InChI is InChI=1S/C10H18N4O/c1-8-3-4-10(14-13-8)12-6-5-11-7-9(2)15/h3-4,9,11,15H,5-7H2,1-2H3,(H,12,14). The summed E-state index contributed by atoms with van der Waals surface area (Å²) in [5.74, 6) is 0.777. The number of hydrogen-bond acceptors (Lipinski definition) is 5. The molecule has 0 saturated carbocycles. The number of aryl methyl sites for hydroxylation is 1. The van der Waals surface area contributed by atoms with Gasteiger partial charge in [-0.15, -0.1) is 5.10 Å². The summed E-state index contributed by atoms with van der Waals surface area (Å²) >= 11 is 0. The molecule has 1 aromatic rings. The second-order valence-electron chi connectivity index (χ2n) is 3.54. The first kappa shape index (κ1) is 11.9. The predicted octanol–water partition coefficient (Wildman–Crippen LogP) is 0.167. The van der Waals surface area contributed by atoms with Crippen LogP contribution in [0.5, 0.6) is 0 Å². The molecule has 84 valence electrons. The van der Waals surface area contributed by atoms with Crippen LogP contribution in [-0.2, 0) is 0 Å². The van der Waals surface area contributed by atoms with Crippen LogP contribution in [0, 0.1) is 6.92 Å². The fourth-order valence-corrected chi connectivity index (χ4v) is 1.08. The van der Waals surface area contributed by atoms with E-state index >= 15 is 0 Å². The molecule has 0 amide bonds. The maximum absolute atomic E-state index is 8.99. The number of aliphatic hydroxyl groups is 1. The van der Waals surface area contributed by atoms with Crippen molar-refractivity contribution in [2.75, 3.05) is 25.0 Å². The van der Waals surface area contributed by atoms with Gasteiger partial charge in [0.25, 0.3) is 0 Å². The molecule has 3 N–H and O–H groups in total. The molecule has 15 heavy (non-hydrogen) atoms. The summed E-state index contributed by atoms with van der Waals surface area (Å²) in [6.45, 7) is 5.83. The zero-order valence-corrected chi connectivity index (χ0v) is 9.20. The highest BCUT2D eigenvalue weighted by molar-refractivity contribution is 5.32. The third-order valence-corrected chi connectivity index (χ3v) is 1.85. The van der Waals surface area contributed by atoms with E-state index in [-0.39, 0.29) is 6.10 Å². The first-order valence-corrected chi connectivity index (χ1v) is 5.11. The quantitative estimate of drug-likeness (QED) is 0.584. The molecule has 1 atom stereocenters. The van der Waals surface area contributed by atoms with E-state index < -0.39 is 0 Å². The second-order valence-corrected chi connectivity index (χ2v) is 3.54. The molecule has 0 saturated heterocycles. The lowest BCUT2D eigenvalue weighted by atomic mass is 10.4. The molecule has 0 aliphatic carbocycles. The minimum absolute atomic E-state index is 0.302. The molecule has 1 heterocycles. The number of nitrogens with zero attached hydrogens (tertiary/aromatic N) is 2. The van der Waals surface area contributed by atoms with Crippen molar-refractivity contribution in [3.63, 3.8) is 0 Å². The molecular weight excluding hydrogens is 192 g/mol. The van der Waals surface area contributed by atoms with Crippen LogP contribution in [0.25, 0.3) is 0 Å². The van der Waals surface area contributed by atoms with Crippen molar-refractivity contribution in [2.24, 2.45) is 0 Å². The molecule has 0 fully saturated rings. The van der Waals surface area contributed by atoms with Crippen LogP contribution in [0.15, 0.2) is 12.1 Å². The third-order valence-electron chi connectivity index (χ3n) is 1.85. The fourth-order valence-electron chi connectivity index (χ4n) is 1.08. The van der Waals surface area contributed by atoms with E-state index in [1.54, 1.807) is 6.92 Å². The SMILES string of the molecule is Cc1ccc(NCCNCC(C)O)nn1. The topological polar surface area (TPSA) is 70.1 Å². The Balaban J connectivity index is 2.12. The smallest absolute Gasteiger partial charge is 0.148 e. The van der Waals surface area contributed by atoms with Crippen LogP contribution >= 0.6 is 0 Å². The molecule has 1 unspecified atom stereocenters. The highest BCUT2D eigenvalue weighted by Crippen LogP contribution is 1.99. The number of nitrogens with one attached hydrogen (secondary N) is 2. The zero-order valence-electron chi connectivity index (χ0n) is 9.20. The molecule has 5 heteroatoms. The van der Waals surface area contributed by atoms with Gasteiger partial charge in [0.2, 0.25) is 0 Å². The molecule has 0 bridgehead atoms. The lowest BCUT2D eigenvalue weighted by Crippen LogP contribution is -2.29. The molecule has 5 nitrogen and oxygen atoms in total. The van der Waals surface area contributed by atoms with Gasteiger partial charge < -0.3 is 15.7 Å². The van der Waals surface area contributed by atoms with Crippen molar-refractivity contribution in [2.45, 2.75) is 20.0 Å². The minimum atomic E-state index is -0.302. The van der Waals surface area contributed by atoms with E-state index in [1.807, 2.05) is 19.1 Å². The van der Waals surface area contributed by atoms with Gasteiger partial charge >= 0.3 is 0 Å². The molecule has 1 rings (SSSR count).